The van der Waals surface area contributed by atoms with Gasteiger partial charge in [0, 0.05) is 11.8 Å². The molecule has 1 amide bonds. The number of rotatable bonds is 8. The highest BCUT2D eigenvalue weighted by Gasteiger charge is 2.15. The van der Waals surface area contributed by atoms with Gasteiger partial charge in [-0.3, -0.25) is 4.79 Å². The van der Waals surface area contributed by atoms with Crippen LogP contribution in [0.2, 0.25) is 0 Å². The van der Waals surface area contributed by atoms with E-state index in [4.69, 9.17) is 17.3 Å². The topological polar surface area (TPSA) is 81.4 Å². The largest absolute Gasteiger partial charge is 0.465 e. The zero-order valence-electron chi connectivity index (χ0n) is 16.8. The lowest BCUT2D eigenvalue weighted by Crippen LogP contribution is -2.28. The van der Waals surface area contributed by atoms with Crippen molar-refractivity contribution in [3.05, 3.63) is 93.9 Å². The second-order valence-corrected chi connectivity index (χ2v) is 7.09. The van der Waals surface area contributed by atoms with Crippen molar-refractivity contribution < 1.29 is 18.7 Å². The van der Waals surface area contributed by atoms with E-state index in [1.165, 1.54) is 31.5 Å². The summed E-state index contributed by atoms with van der Waals surface area (Å²) in [6, 6.07) is 12.6. The van der Waals surface area contributed by atoms with Crippen LogP contribution >= 0.6 is 11.6 Å². The Morgan fingerprint density at radius 2 is 1.80 bits per heavy atom. The Bertz CT molecular complexity index is 938. The predicted octanol–water partition coefficient (Wildman–Crippen LogP) is 4.39. The summed E-state index contributed by atoms with van der Waals surface area (Å²) in [6.45, 7) is 1.84. The Kier molecular flexibility index (Phi) is 8.62. The van der Waals surface area contributed by atoms with Crippen molar-refractivity contribution >= 4 is 23.5 Å². The van der Waals surface area contributed by atoms with E-state index in [2.05, 4.69) is 10.1 Å². The maximum Gasteiger partial charge on any atom is 0.337 e. The van der Waals surface area contributed by atoms with Crippen molar-refractivity contribution in [2.24, 2.45) is 5.73 Å². The fourth-order valence-electron chi connectivity index (χ4n) is 2.79. The van der Waals surface area contributed by atoms with Crippen LogP contribution in [0.5, 0.6) is 0 Å². The summed E-state index contributed by atoms with van der Waals surface area (Å²) in [5.74, 6) is -1.03. The Labute approximate surface area is 180 Å². The third-order valence-electron chi connectivity index (χ3n) is 4.54. The fraction of sp³-hybridized carbons (Fsp3) is 0.217. The van der Waals surface area contributed by atoms with Gasteiger partial charge in [-0.15, -0.1) is 0 Å². The molecule has 5 nitrogen and oxygen atoms in total. The molecule has 0 spiro atoms. The summed E-state index contributed by atoms with van der Waals surface area (Å²) >= 11 is 6.01. The molecular formula is C23H24ClFN2O3. The van der Waals surface area contributed by atoms with E-state index in [9.17, 15) is 14.0 Å². The van der Waals surface area contributed by atoms with E-state index in [0.29, 0.717) is 24.0 Å². The zero-order chi connectivity index (χ0) is 22.1. The second-order valence-electron chi connectivity index (χ2n) is 6.66. The van der Waals surface area contributed by atoms with Gasteiger partial charge in [0.25, 0.3) is 0 Å². The molecule has 0 aromatic heterocycles. The number of nitrogens with one attached hydrogen (secondary N) is 1. The molecule has 0 bridgehead atoms. The number of carbonyl (C=O) groups excluding carboxylic acids is 2. The molecule has 0 aliphatic carbocycles. The number of halogens is 2. The SMILES string of the molecule is COC(=O)c1ccc(C(C)NC(=O)/C(=C/C(Cl)=C\N)CCc2ccc(F)cc2)cc1. The van der Waals surface area contributed by atoms with Crippen LogP contribution in [-0.2, 0) is 16.0 Å². The van der Waals surface area contributed by atoms with Crippen molar-refractivity contribution in [3.8, 4) is 0 Å². The monoisotopic (exact) mass is 430 g/mol. The number of nitrogens with two attached hydrogens (primary N) is 1. The molecule has 3 N–H and O–H groups in total. The van der Waals surface area contributed by atoms with Crippen LogP contribution in [0.4, 0.5) is 4.39 Å². The first-order valence-electron chi connectivity index (χ1n) is 9.35. The summed E-state index contributed by atoms with van der Waals surface area (Å²) in [6.07, 6.45) is 3.67. The van der Waals surface area contributed by atoms with Crippen LogP contribution in [-0.4, -0.2) is 19.0 Å². The molecule has 158 valence electrons. The van der Waals surface area contributed by atoms with Gasteiger partial charge in [-0.25, -0.2) is 9.18 Å². The standard InChI is InChI=1S/C23H24ClFN2O3/c1-15(17-7-9-18(10-8-17)23(29)30-2)27-22(28)19(13-20(24)14-26)6-3-16-4-11-21(25)12-5-16/h4-5,7-15H,3,6,26H2,1-2H3,(H,27,28)/b19-13+,20-14+. The number of ether oxygens (including phenoxy) is 1. The summed E-state index contributed by atoms with van der Waals surface area (Å²) in [5, 5.41) is 3.17. The molecule has 0 saturated heterocycles. The molecule has 30 heavy (non-hydrogen) atoms. The smallest absolute Gasteiger partial charge is 0.337 e. The summed E-state index contributed by atoms with van der Waals surface area (Å²) in [4.78, 5) is 24.4. The van der Waals surface area contributed by atoms with Crippen LogP contribution in [0.3, 0.4) is 0 Å². The summed E-state index contributed by atoms with van der Waals surface area (Å²) in [5.41, 5.74) is 8.04. The Hall–Kier alpha value is -3.12. The van der Waals surface area contributed by atoms with Gasteiger partial charge in [-0.05, 0) is 61.2 Å². The molecule has 0 aliphatic heterocycles. The number of carbonyl (C=O) groups is 2. The number of benzene rings is 2. The first-order valence-corrected chi connectivity index (χ1v) is 9.73. The molecule has 1 atom stereocenters. The van der Waals surface area contributed by atoms with E-state index in [1.807, 2.05) is 6.92 Å². The van der Waals surface area contributed by atoms with Gasteiger partial charge in [-0.1, -0.05) is 35.9 Å². The Morgan fingerprint density at radius 3 is 2.37 bits per heavy atom. The highest BCUT2D eigenvalue weighted by molar-refractivity contribution is 6.31. The van der Waals surface area contributed by atoms with E-state index >= 15 is 0 Å². The first-order chi connectivity index (χ1) is 14.3. The van der Waals surface area contributed by atoms with Gasteiger partial charge in [0.1, 0.15) is 5.82 Å². The molecule has 2 rings (SSSR count). The highest BCUT2D eigenvalue weighted by atomic mass is 35.5. The van der Waals surface area contributed by atoms with E-state index < -0.39 is 5.97 Å². The maximum atomic E-state index is 13.1. The van der Waals surface area contributed by atoms with Gasteiger partial charge < -0.3 is 15.8 Å². The number of allylic oxidation sites excluding steroid dienone is 2. The van der Waals surface area contributed by atoms with Crippen molar-refractivity contribution in [1.29, 1.82) is 0 Å². The van der Waals surface area contributed by atoms with Crippen molar-refractivity contribution in [2.75, 3.05) is 7.11 Å². The minimum Gasteiger partial charge on any atom is -0.465 e. The van der Waals surface area contributed by atoms with Gasteiger partial charge in [0.05, 0.1) is 23.7 Å². The van der Waals surface area contributed by atoms with Crippen LogP contribution < -0.4 is 11.1 Å². The molecule has 1 unspecified atom stereocenters. The number of aryl methyl sites for hydroxylation is 1. The molecule has 0 saturated carbocycles. The lowest BCUT2D eigenvalue weighted by Gasteiger charge is -2.16. The fourth-order valence-corrected chi connectivity index (χ4v) is 2.93. The Balaban J connectivity index is 2.10. The molecule has 0 heterocycles. The Morgan fingerprint density at radius 1 is 1.17 bits per heavy atom. The van der Waals surface area contributed by atoms with Gasteiger partial charge in [0.15, 0.2) is 0 Å². The van der Waals surface area contributed by atoms with E-state index in [1.54, 1.807) is 36.4 Å². The lowest BCUT2D eigenvalue weighted by molar-refractivity contribution is -0.118. The van der Waals surface area contributed by atoms with Crippen molar-refractivity contribution in [2.45, 2.75) is 25.8 Å². The zero-order valence-corrected chi connectivity index (χ0v) is 17.6. The molecule has 7 heteroatoms. The summed E-state index contributed by atoms with van der Waals surface area (Å²) in [7, 11) is 1.32. The summed E-state index contributed by atoms with van der Waals surface area (Å²) < 4.78 is 17.8. The molecular weight excluding hydrogens is 407 g/mol. The second kappa shape index (κ2) is 11.2. The minimum absolute atomic E-state index is 0.245. The van der Waals surface area contributed by atoms with E-state index in [0.717, 1.165) is 11.1 Å². The number of esters is 1. The van der Waals surface area contributed by atoms with Gasteiger partial charge in [-0.2, -0.15) is 0 Å². The number of amides is 1. The first kappa shape index (κ1) is 23.2. The quantitative estimate of drug-likeness (QED) is 0.370. The van der Waals surface area contributed by atoms with Crippen LogP contribution in [0.1, 0.15) is 40.9 Å². The van der Waals surface area contributed by atoms with Crippen LogP contribution in [0.25, 0.3) is 0 Å². The van der Waals surface area contributed by atoms with Crippen molar-refractivity contribution in [3.63, 3.8) is 0 Å². The van der Waals surface area contributed by atoms with Gasteiger partial charge in [0.2, 0.25) is 5.91 Å². The average Bonchev–Trinajstić information content (AvgIpc) is 2.76. The number of hydrogen-bond donors (Lipinski definition) is 2. The van der Waals surface area contributed by atoms with Crippen LogP contribution in [0, 0.1) is 5.82 Å². The molecule has 0 fully saturated rings. The average molecular weight is 431 g/mol. The van der Waals surface area contributed by atoms with Crippen LogP contribution in [0.15, 0.2) is 71.4 Å². The predicted molar refractivity (Wildman–Crippen MR) is 115 cm³/mol. The third kappa shape index (κ3) is 6.74. The van der Waals surface area contributed by atoms with Crippen molar-refractivity contribution in [1.82, 2.24) is 5.32 Å². The van der Waals surface area contributed by atoms with E-state index in [-0.39, 0.29) is 22.8 Å². The molecule has 2 aromatic rings. The molecule has 0 radical (unpaired) electrons. The lowest BCUT2D eigenvalue weighted by atomic mass is 10.0. The normalized spacial score (nSPS) is 12.9. The number of methoxy groups -OCH3 is 1. The number of hydrogen-bond acceptors (Lipinski definition) is 4. The third-order valence-corrected chi connectivity index (χ3v) is 4.77. The highest BCUT2D eigenvalue weighted by Crippen LogP contribution is 2.18. The van der Waals surface area contributed by atoms with Gasteiger partial charge >= 0.3 is 5.97 Å². The molecule has 2 aromatic carbocycles. The molecule has 0 aliphatic rings. The minimum atomic E-state index is -0.424. The maximum absolute atomic E-state index is 13.1.